The van der Waals surface area contributed by atoms with Crippen molar-refractivity contribution >= 4 is 23.2 Å². The molecular formula is C15H14Cl2FNO. The van der Waals surface area contributed by atoms with Crippen LogP contribution in [0.1, 0.15) is 5.56 Å². The van der Waals surface area contributed by atoms with E-state index in [1.54, 1.807) is 18.2 Å². The Kier molecular flexibility index (Phi) is 4.86. The van der Waals surface area contributed by atoms with Crippen LogP contribution in [0.2, 0.25) is 10.0 Å². The molecule has 0 fully saturated rings. The van der Waals surface area contributed by atoms with E-state index < -0.39 is 0 Å². The first-order valence-electron chi connectivity index (χ1n) is 6.14. The molecule has 0 atom stereocenters. The van der Waals surface area contributed by atoms with Gasteiger partial charge in [-0.15, -0.1) is 0 Å². The summed E-state index contributed by atoms with van der Waals surface area (Å²) in [4.78, 5) is 0. The normalized spacial score (nSPS) is 12.2. The SMILES string of the molecule is CN.Fc1cc2c(c(-c3c(Cl)cccc3Cl)c1)OCC2. The van der Waals surface area contributed by atoms with Gasteiger partial charge in [0.25, 0.3) is 0 Å². The maximum atomic E-state index is 13.6. The predicted molar refractivity (Wildman–Crippen MR) is 81.2 cm³/mol. The zero-order valence-corrected chi connectivity index (χ0v) is 12.4. The number of ether oxygens (including phenoxy) is 1. The lowest BCUT2D eigenvalue weighted by Crippen LogP contribution is -1.91. The van der Waals surface area contributed by atoms with E-state index in [0.717, 1.165) is 5.56 Å². The highest BCUT2D eigenvalue weighted by Gasteiger charge is 2.21. The summed E-state index contributed by atoms with van der Waals surface area (Å²) in [5.41, 5.74) is 6.61. The van der Waals surface area contributed by atoms with Gasteiger partial charge in [0.05, 0.1) is 16.7 Å². The summed E-state index contributed by atoms with van der Waals surface area (Å²) in [5, 5.41) is 0.983. The van der Waals surface area contributed by atoms with E-state index in [0.29, 0.717) is 39.9 Å². The van der Waals surface area contributed by atoms with Gasteiger partial charge in [-0.05, 0) is 31.3 Å². The maximum Gasteiger partial charge on any atom is 0.130 e. The molecule has 0 saturated carbocycles. The monoisotopic (exact) mass is 313 g/mol. The van der Waals surface area contributed by atoms with E-state index in [-0.39, 0.29) is 5.82 Å². The van der Waals surface area contributed by atoms with Gasteiger partial charge < -0.3 is 10.5 Å². The minimum Gasteiger partial charge on any atom is -0.492 e. The predicted octanol–water partition coefficient (Wildman–Crippen LogP) is 4.31. The van der Waals surface area contributed by atoms with Crippen molar-refractivity contribution in [2.24, 2.45) is 5.73 Å². The molecule has 2 aromatic carbocycles. The smallest absolute Gasteiger partial charge is 0.130 e. The highest BCUT2D eigenvalue weighted by Crippen LogP contribution is 2.43. The molecule has 1 aliphatic heterocycles. The molecule has 1 heterocycles. The topological polar surface area (TPSA) is 35.2 Å². The number of fused-ring (bicyclic) bond motifs is 1. The lowest BCUT2D eigenvalue weighted by Gasteiger charge is -2.11. The molecule has 20 heavy (non-hydrogen) atoms. The third-order valence-corrected chi connectivity index (χ3v) is 3.61. The van der Waals surface area contributed by atoms with Crippen LogP contribution >= 0.6 is 23.2 Å². The molecule has 0 radical (unpaired) electrons. The molecule has 106 valence electrons. The first kappa shape index (κ1) is 15.1. The molecule has 2 aromatic rings. The quantitative estimate of drug-likeness (QED) is 0.851. The fraction of sp³-hybridized carbons (Fsp3) is 0.200. The van der Waals surface area contributed by atoms with Crippen LogP contribution in [0.4, 0.5) is 4.39 Å². The lowest BCUT2D eigenvalue weighted by molar-refractivity contribution is 0.358. The maximum absolute atomic E-state index is 13.6. The number of nitrogens with two attached hydrogens (primary N) is 1. The van der Waals surface area contributed by atoms with Crippen LogP contribution in [-0.4, -0.2) is 13.7 Å². The largest absolute Gasteiger partial charge is 0.492 e. The van der Waals surface area contributed by atoms with Crippen molar-refractivity contribution < 1.29 is 9.13 Å². The molecule has 5 heteroatoms. The van der Waals surface area contributed by atoms with Crippen molar-refractivity contribution in [3.05, 3.63) is 51.8 Å². The Bertz CT molecular complexity index is 611. The zero-order valence-electron chi connectivity index (χ0n) is 10.9. The van der Waals surface area contributed by atoms with Crippen LogP contribution in [0.5, 0.6) is 5.75 Å². The molecule has 0 unspecified atom stereocenters. The van der Waals surface area contributed by atoms with Crippen molar-refractivity contribution in [1.29, 1.82) is 0 Å². The summed E-state index contributed by atoms with van der Waals surface area (Å²) >= 11 is 12.3. The van der Waals surface area contributed by atoms with Gasteiger partial charge >= 0.3 is 0 Å². The minimum atomic E-state index is -0.301. The summed E-state index contributed by atoms with van der Waals surface area (Å²) in [7, 11) is 1.50. The Morgan fingerprint density at radius 3 is 2.45 bits per heavy atom. The second kappa shape index (κ2) is 6.44. The van der Waals surface area contributed by atoms with E-state index in [9.17, 15) is 4.39 Å². The molecule has 0 spiro atoms. The Morgan fingerprint density at radius 1 is 1.15 bits per heavy atom. The molecule has 0 amide bonds. The average Bonchev–Trinajstić information content (AvgIpc) is 2.88. The van der Waals surface area contributed by atoms with Crippen LogP contribution in [-0.2, 0) is 6.42 Å². The van der Waals surface area contributed by atoms with E-state index in [2.05, 4.69) is 5.73 Å². The highest BCUT2D eigenvalue weighted by molar-refractivity contribution is 6.39. The van der Waals surface area contributed by atoms with Crippen molar-refractivity contribution in [3.8, 4) is 16.9 Å². The summed E-state index contributed by atoms with van der Waals surface area (Å²) in [5.74, 6) is 0.386. The molecule has 2 nitrogen and oxygen atoms in total. The molecule has 2 N–H and O–H groups in total. The Morgan fingerprint density at radius 2 is 1.80 bits per heavy atom. The number of rotatable bonds is 1. The molecule has 3 rings (SSSR count). The Hall–Kier alpha value is -1.29. The minimum absolute atomic E-state index is 0.301. The molecule has 0 bridgehead atoms. The highest BCUT2D eigenvalue weighted by atomic mass is 35.5. The lowest BCUT2D eigenvalue weighted by atomic mass is 10.0. The van der Waals surface area contributed by atoms with Gasteiger partial charge in [-0.3, -0.25) is 0 Å². The second-order valence-electron chi connectivity index (χ2n) is 4.14. The van der Waals surface area contributed by atoms with Gasteiger partial charge in [0.15, 0.2) is 0 Å². The first-order valence-corrected chi connectivity index (χ1v) is 6.90. The van der Waals surface area contributed by atoms with Gasteiger partial charge in [-0.2, -0.15) is 0 Å². The van der Waals surface area contributed by atoms with E-state index in [1.807, 2.05) is 0 Å². The summed E-state index contributed by atoms with van der Waals surface area (Å²) in [6.07, 6.45) is 0.710. The molecule has 0 saturated heterocycles. The third-order valence-electron chi connectivity index (χ3n) is 2.98. The molecule has 0 aliphatic carbocycles. The Labute approximate surface area is 127 Å². The number of hydrogen-bond donors (Lipinski definition) is 1. The van der Waals surface area contributed by atoms with Gasteiger partial charge in [-0.25, -0.2) is 4.39 Å². The van der Waals surface area contributed by atoms with Crippen LogP contribution < -0.4 is 10.5 Å². The van der Waals surface area contributed by atoms with Crippen LogP contribution in [0.3, 0.4) is 0 Å². The van der Waals surface area contributed by atoms with Crippen LogP contribution in [0.25, 0.3) is 11.1 Å². The number of halogens is 3. The fourth-order valence-electron chi connectivity index (χ4n) is 2.21. The molecule has 1 aliphatic rings. The van der Waals surface area contributed by atoms with Gasteiger partial charge in [-0.1, -0.05) is 29.3 Å². The van der Waals surface area contributed by atoms with Gasteiger partial charge in [0.2, 0.25) is 0 Å². The van der Waals surface area contributed by atoms with E-state index in [1.165, 1.54) is 19.2 Å². The standard InChI is InChI=1S/C14H9Cl2FO.CH5N/c15-11-2-1-3-12(16)13(11)10-7-9(17)6-8-4-5-18-14(8)10;1-2/h1-3,6-7H,4-5H2;2H2,1H3. The summed E-state index contributed by atoms with van der Waals surface area (Å²) < 4.78 is 19.2. The third kappa shape index (κ3) is 2.75. The fourth-order valence-corrected chi connectivity index (χ4v) is 2.81. The van der Waals surface area contributed by atoms with E-state index >= 15 is 0 Å². The van der Waals surface area contributed by atoms with Crippen molar-refractivity contribution in [2.75, 3.05) is 13.7 Å². The average molecular weight is 314 g/mol. The van der Waals surface area contributed by atoms with Crippen molar-refractivity contribution in [1.82, 2.24) is 0 Å². The van der Waals surface area contributed by atoms with Crippen molar-refractivity contribution in [3.63, 3.8) is 0 Å². The number of hydrogen-bond acceptors (Lipinski definition) is 2. The first-order chi connectivity index (χ1) is 9.66. The number of benzene rings is 2. The van der Waals surface area contributed by atoms with Gasteiger partial charge in [0, 0.05) is 23.1 Å². The second-order valence-corrected chi connectivity index (χ2v) is 4.95. The summed E-state index contributed by atoms with van der Waals surface area (Å²) in [6.45, 7) is 0.563. The van der Waals surface area contributed by atoms with Crippen LogP contribution in [0.15, 0.2) is 30.3 Å². The zero-order chi connectivity index (χ0) is 14.7. The molecular weight excluding hydrogens is 300 g/mol. The van der Waals surface area contributed by atoms with Gasteiger partial charge in [0.1, 0.15) is 11.6 Å². The summed E-state index contributed by atoms with van der Waals surface area (Å²) in [6, 6.07) is 8.13. The Balaban J connectivity index is 0.000000704. The van der Waals surface area contributed by atoms with E-state index in [4.69, 9.17) is 27.9 Å². The van der Waals surface area contributed by atoms with Crippen molar-refractivity contribution in [2.45, 2.75) is 6.42 Å². The molecule has 0 aromatic heterocycles. The van der Waals surface area contributed by atoms with Crippen LogP contribution in [0, 0.1) is 5.82 Å².